The molecule has 0 spiro atoms. The Hall–Kier alpha value is -1.36. The fourth-order valence-corrected chi connectivity index (χ4v) is 2.13. The standard InChI is InChI=1S/C12H13BrFN3/c1-6(2)7-3-8(11(14)10(13)4-7)9-5-16-17-12(9)15/h3-6H,1-2H3,(H3,15,16,17). The van der Waals surface area contributed by atoms with Crippen molar-refractivity contribution < 1.29 is 4.39 Å². The molecule has 90 valence electrons. The molecule has 0 aliphatic rings. The molecule has 1 aromatic heterocycles. The maximum atomic E-state index is 14.0. The van der Waals surface area contributed by atoms with E-state index in [9.17, 15) is 4.39 Å². The van der Waals surface area contributed by atoms with Gasteiger partial charge in [0.05, 0.1) is 10.7 Å². The molecule has 17 heavy (non-hydrogen) atoms. The average molecular weight is 298 g/mol. The number of nitrogens with zero attached hydrogens (tertiary/aromatic N) is 1. The third-order valence-electron chi connectivity index (χ3n) is 2.68. The van der Waals surface area contributed by atoms with E-state index in [0.717, 1.165) is 5.56 Å². The number of H-pyrrole nitrogens is 1. The summed E-state index contributed by atoms with van der Waals surface area (Å²) in [5, 5.41) is 6.42. The third kappa shape index (κ3) is 2.20. The monoisotopic (exact) mass is 297 g/mol. The van der Waals surface area contributed by atoms with Crippen molar-refractivity contribution in [1.82, 2.24) is 10.2 Å². The van der Waals surface area contributed by atoms with Gasteiger partial charge in [-0.2, -0.15) is 5.10 Å². The van der Waals surface area contributed by atoms with Crippen LogP contribution in [0.2, 0.25) is 0 Å². The van der Waals surface area contributed by atoms with Gasteiger partial charge in [-0.15, -0.1) is 0 Å². The Kier molecular flexibility index (Phi) is 3.19. The van der Waals surface area contributed by atoms with Crippen molar-refractivity contribution in [2.24, 2.45) is 0 Å². The second kappa shape index (κ2) is 4.49. The highest BCUT2D eigenvalue weighted by atomic mass is 79.9. The Morgan fingerprint density at radius 2 is 2.06 bits per heavy atom. The number of hydrogen-bond donors (Lipinski definition) is 2. The molecule has 0 saturated carbocycles. The first-order valence-electron chi connectivity index (χ1n) is 5.29. The van der Waals surface area contributed by atoms with Gasteiger partial charge in [-0.1, -0.05) is 13.8 Å². The van der Waals surface area contributed by atoms with Crippen LogP contribution in [0.3, 0.4) is 0 Å². The van der Waals surface area contributed by atoms with E-state index in [-0.39, 0.29) is 5.82 Å². The van der Waals surface area contributed by atoms with Crippen molar-refractivity contribution in [3.8, 4) is 11.1 Å². The smallest absolute Gasteiger partial charge is 0.145 e. The van der Waals surface area contributed by atoms with Gasteiger partial charge >= 0.3 is 0 Å². The molecule has 0 fully saturated rings. The minimum Gasteiger partial charge on any atom is -0.384 e. The second-order valence-electron chi connectivity index (χ2n) is 4.22. The number of anilines is 1. The molecular weight excluding hydrogens is 285 g/mol. The van der Waals surface area contributed by atoms with Gasteiger partial charge in [0.15, 0.2) is 0 Å². The van der Waals surface area contributed by atoms with Crippen LogP contribution in [-0.2, 0) is 0 Å². The lowest BCUT2D eigenvalue weighted by Gasteiger charge is -2.10. The van der Waals surface area contributed by atoms with Crippen LogP contribution < -0.4 is 5.73 Å². The van der Waals surface area contributed by atoms with Crippen LogP contribution in [-0.4, -0.2) is 10.2 Å². The molecule has 1 aromatic carbocycles. The van der Waals surface area contributed by atoms with Crippen molar-refractivity contribution >= 4 is 21.7 Å². The fraction of sp³-hybridized carbons (Fsp3) is 0.250. The average Bonchev–Trinajstić information content (AvgIpc) is 2.68. The van der Waals surface area contributed by atoms with Crippen molar-refractivity contribution in [2.45, 2.75) is 19.8 Å². The van der Waals surface area contributed by atoms with Gasteiger partial charge < -0.3 is 5.73 Å². The van der Waals surface area contributed by atoms with Gasteiger partial charge in [-0.3, -0.25) is 5.10 Å². The summed E-state index contributed by atoms with van der Waals surface area (Å²) in [6.07, 6.45) is 1.53. The Balaban J connectivity index is 2.65. The lowest BCUT2D eigenvalue weighted by molar-refractivity contribution is 0.623. The minimum atomic E-state index is -0.317. The van der Waals surface area contributed by atoms with Gasteiger partial charge in [0.1, 0.15) is 11.6 Å². The first-order valence-corrected chi connectivity index (χ1v) is 6.08. The summed E-state index contributed by atoms with van der Waals surface area (Å²) in [7, 11) is 0. The molecule has 0 atom stereocenters. The summed E-state index contributed by atoms with van der Waals surface area (Å²) < 4.78 is 14.5. The summed E-state index contributed by atoms with van der Waals surface area (Å²) in [4.78, 5) is 0. The molecule has 2 rings (SSSR count). The van der Waals surface area contributed by atoms with Crippen molar-refractivity contribution in [2.75, 3.05) is 5.73 Å². The molecule has 0 bridgehead atoms. The maximum absolute atomic E-state index is 14.0. The number of benzene rings is 1. The number of aromatic amines is 1. The molecule has 3 N–H and O–H groups in total. The molecule has 0 unspecified atom stereocenters. The molecular formula is C12H13BrFN3. The van der Waals surface area contributed by atoms with Crippen LogP contribution in [0, 0.1) is 5.82 Å². The van der Waals surface area contributed by atoms with E-state index in [1.807, 2.05) is 6.07 Å². The summed E-state index contributed by atoms with van der Waals surface area (Å²) in [5.41, 5.74) is 7.82. The lowest BCUT2D eigenvalue weighted by atomic mass is 9.98. The first kappa shape index (κ1) is 12.1. The van der Waals surface area contributed by atoms with Crippen molar-refractivity contribution in [1.29, 1.82) is 0 Å². The molecule has 2 aromatic rings. The van der Waals surface area contributed by atoms with E-state index < -0.39 is 0 Å². The lowest BCUT2D eigenvalue weighted by Crippen LogP contribution is -1.95. The highest BCUT2D eigenvalue weighted by Gasteiger charge is 2.15. The van der Waals surface area contributed by atoms with Crippen molar-refractivity contribution in [3.63, 3.8) is 0 Å². The quantitative estimate of drug-likeness (QED) is 0.888. The topological polar surface area (TPSA) is 54.7 Å². The zero-order valence-electron chi connectivity index (χ0n) is 9.59. The number of halogens is 2. The van der Waals surface area contributed by atoms with Crippen LogP contribution in [0.25, 0.3) is 11.1 Å². The number of hydrogen-bond acceptors (Lipinski definition) is 2. The predicted octanol–water partition coefficient (Wildman–Crippen LogP) is 3.68. The van der Waals surface area contributed by atoms with Crippen molar-refractivity contribution in [3.05, 3.63) is 34.2 Å². The van der Waals surface area contributed by atoms with Gasteiger partial charge in [-0.25, -0.2) is 4.39 Å². The number of aromatic nitrogens is 2. The van der Waals surface area contributed by atoms with Crippen LogP contribution in [0.5, 0.6) is 0 Å². The number of nitrogens with two attached hydrogens (primary N) is 1. The molecule has 0 amide bonds. The maximum Gasteiger partial charge on any atom is 0.145 e. The van der Waals surface area contributed by atoms with E-state index in [2.05, 4.69) is 40.0 Å². The number of nitrogen functional groups attached to an aromatic ring is 1. The zero-order chi connectivity index (χ0) is 12.6. The van der Waals surface area contributed by atoms with Gasteiger partial charge in [0, 0.05) is 11.1 Å². The normalized spacial score (nSPS) is 11.1. The Labute approximate surface area is 107 Å². The predicted molar refractivity (Wildman–Crippen MR) is 70.2 cm³/mol. The Morgan fingerprint density at radius 1 is 1.35 bits per heavy atom. The highest BCUT2D eigenvalue weighted by Crippen LogP contribution is 2.33. The zero-order valence-corrected chi connectivity index (χ0v) is 11.2. The molecule has 3 nitrogen and oxygen atoms in total. The van der Waals surface area contributed by atoms with Crippen LogP contribution >= 0.6 is 15.9 Å². The first-order chi connectivity index (χ1) is 8.00. The molecule has 0 aliphatic heterocycles. The second-order valence-corrected chi connectivity index (χ2v) is 5.07. The largest absolute Gasteiger partial charge is 0.384 e. The van der Waals surface area contributed by atoms with Crippen LogP contribution in [0.4, 0.5) is 10.2 Å². The molecule has 1 heterocycles. The van der Waals surface area contributed by atoms with E-state index in [0.29, 0.717) is 27.3 Å². The minimum absolute atomic E-state index is 0.317. The summed E-state index contributed by atoms with van der Waals surface area (Å²) in [6.45, 7) is 4.12. The summed E-state index contributed by atoms with van der Waals surface area (Å²) in [6, 6.07) is 3.60. The highest BCUT2D eigenvalue weighted by molar-refractivity contribution is 9.10. The third-order valence-corrected chi connectivity index (χ3v) is 3.25. The van der Waals surface area contributed by atoms with E-state index in [4.69, 9.17) is 5.73 Å². The molecule has 0 saturated heterocycles. The number of nitrogens with one attached hydrogen (secondary N) is 1. The van der Waals surface area contributed by atoms with Gasteiger partial charge in [0.25, 0.3) is 0 Å². The van der Waals surface area contributed by atoms with Gasteiger partial charge in [-0.05, 0) is 39.5 Å². The molecule has 0 radical (unpaired) electrons. The van der Waals surface area contributed by atoms with Crippen LogP contribution in [0.1, 0.15) is 25.3 Å². The summed E-state index contributed by atoms with van der Waals surface area (Å²) >= 11 is 3.23. The van der Waals surface area contributed by atoms with Gasteiger partial charge in [0.2, 0.25) is 0 Å². The number of rotatable bonds is 2. The van der Waals surface area contributed by atoms with E-state index >= 15 is 0 Å². The van der Waals surface area contributed by atoms with E-state index in [1.165, 1.54) is 6.20 Å². The van der Waals surface area contributed by atoms with Crippen LogP contribution in [0.15, 0.2) is 22.8 Å². The summed E-state index contributed by atoms with van der Waals surface area (Å²) in [5.74, 6) is 0.373. The fourth-order valence-electron chi connectivity index (χ4n) is 1.65. The Bertz CT molecular complexity index is 549. The Morgan fingerprint density at radius 3 is 2.59 bits per heavy atom. The van der Waals surface area contributed by atoms with E-state index in [1.54, 1.807) is 6.07 Å². The SMILES string of the molecule is CC(C)c1cc(Br)c(F)c(-c2cn[nH]c2N)c1. The molecule has 0 aliphatic carbocycles. The molecule has 5 heteroatoms.